The molecule has 1 saturated heterocycles. The zero-order chi connectivity index (χ0) is 19.3. The van der Waals surface area contributed by atoms with Crippen molar-refractivity contribution in [3.8, 4) is 0 Å². The predicted octanol–water partition coefficient (Wildman–Crippen LogP) is 3.51. The number of carbonyl (C=O) groups is 1. The lowest BCUT2D eigenvalue weighted by Gasteiger charge is -2.32. The van der Waals surface area contributed by atoms with Crippen molar-refractivity contribution in [2.24, 2.45) is 0 Å². The van der Waals surface area contributed by atoms with Crippen molar-refractivity contribution >= 4 is 17.7 Å². The van der Waals surface area contributed by atoms with Crippen LogP contribution >= 0.6 is 11.8 Å². The average molecular weight is 400 g/mol. The third kappa shape index (κ3) is 4.75. The summed E-state index contributed by atoms with van der Waals surface area (Å²) in [4.78, 5) is 16.2. The minimum Gasteiger partial charge on any atom is -0.348 e. The van der Waals surface area contributed by atoms with E-state index in [1.54, 1.807) is 11.8 Å². The van der Waals surface area contributed by atoms with E-state index < -0.39 is 0 Å². The first-order valence-corrected chi connectivity index (χ1v) is 11.5. The predicted molar refractivity (Wildman–Crippen MR) is 112 cm³/mol. The summed E-state index contributed by atoms with van der Waals surface area (Å²) < 4.78 is 1.90. The lowest BCUT2D eigenvalue weighted by molar-refractivity contribution is 0.0932. The first-order valence-electron chi connectivity index (χ1n) is 10.3. The highest BCUT2D eigenvalue weighted by molar-refractivity contribution is 7.98. The van der Waals surface area contributed by atoms with Crippen LogP contribution in [0.4, 0.5) is 0 Å². The van der Waals surface area contributed by atoms with Crippen molar-refractivity contribution in [1.29, 1.82) is 0 Å². The van der Waals surface area contributed by atoms with Gasteiger partial charge in [-0.3, -0.25) is 9.69 Å². The van der Waals surface area contributed by atoms with E-state index in [1.165, 1.54) is 23.3 Å². The summed E-state index contributed by atoms with van der Waals surface area (Å²) in [5, 5.41) is 11.5. The zero-order valence-corrected chi connectivity index (χ0v) is 17.3. The van der Waals surface area contributed by atoms with Crippen molar-refractivity contribution in [3.63, 3.8) is 0 Å². The SMILES string of the molecule is CSc1ccc(CN2CCC[C@@H](n3cc(C(=O)NC4CCCC4)nn3)C2)cc1. The molecule has 2 heterocycles. The molecule has 1 aliphatic heterocycles. The van der Waals surface area contributed by atoms with Gasteiger partial charge in [-0.05, 0) is 56.2 Å². The van der Waals surface area contributed by atoms with Crippen LogP contribution in [-0.4, -0.2) is 51.2 Å². The van der Waals surface area contributed by atoms with Gasteiger partial charge in [0, 0.05) is 24.0 Å². The monoisotopic (exact) mass is 399 g/mol. The molecule has 0 bridgehead atoms. The first-order chi connectivity index (χ1) is 13.7. The molecule has 2 fully saturated rings. The average Bonchev–Trinajstić information content (AvgIpc) is 3.41. The molecular weight excluding hydrogens is 370 g/mol. The summed E-state index contributed by atoms with van der Waals surface area (Å²) in [5.74, 6) is -0.0836. The van der Waals surface area contributed by atoms with Crippen molar-refractivity contribution in [3.05, 3.63) is 41.7 Å². The number of thioether (sulfide) groups is 1. The third-order valence-electron chi connectivity index (χ3n) is 5.85. The van der Waals surface area contributed by atoms with Gasteiger partial charge in [-0.1, -0.05) is 30.2 Å². The Morgan fingerprint density at radius 2 is 1.96 bits per heavy atom. The molecule has 1 aromatic carbocycles. The lowest BCUT2D eigenvalue weighted by atomic mass is 10.0. The topological polar surface area (TPSA) is 63.1 Å². The summed E-state index contributed by atoms with van der Waals surface area (Å²) in [6.45, 7) is 3.00. The van der Waals surface area contributed by atoms with Gasteiger partial charge in [0.15, 0.2) is 5.69 Å². The molecule has 1 amide bonds. The van der Waals surface area contributed by atoms with Gasteiger partial charge in [-0.15, -0.1) is 16.9 Å². The van der Waals surface area contributed by atoms with E-state index in [0.717, 1.165) is 45.3 Å². The van der Waals surface area contributed by atoms with Crippen LogP contribution in [0.3, 0.4) is 0 Å². The van der Waals surface area contributed by atoms with E-state index in [0.29, 0.717) is 11.7 Å². The summed E-state index contributed by atoms with van der Waals surface area (Å²) in [6, 6.07) is 9.40. The number of nitrogens with one attached hydrogen (secondary N) is 1. The van der Waals surface area contributed by atoms with E-state index in [1.807, 2.05) is 10.9 Å². The highest BCUT2D eigenvalue weighted by atomic mass is 32.2. The van der Waals surface area contributed by atoms with E-state index in [2.05, 4.69) is 51.1 Å². The van der Waals surface area contributed by atoms with Crippen LogP contribution in [0.2, 0.25) is 0 Å². The summed E-state index contributed by atoms with van der Waals surface area (Å²) in [5.41, 5.74) is 1.78. The summed E-state index contributed by atoms with van der Waals surface area (Å²) in [6.07, 6.45) is 10.7. The van der Waals surface area contributed by atoms with Crippen LogP contribution in [0.5, 0.6) is 0 Å². The summed E-state index contributed by atoms with van der Waals surface area (Å²) >= 11 is 1.77. The fourth-order valence-corrected chi connectivity index (χ4v) is 4.68. The molecule has 0 spiro atoms. The Morgan fingerprint density at radius 1 is 1.18 bits per heavy atom. The number of benzene rings is 1. The van der Waals surface area contributed by atoms with Crippen LogP contribution < -0.4 is 5.32 Å². The van der Waals surface area contributed by atoms with E-state index in [-0.39, 0.29) is 11.9 Å². The molecule has 4 rings (SSSR count). The standard InChI is InChI=1S/C21H29N5OS/c1-28-19-10-8-16(9-11-19)13-25-12-4-7-18(14-25)26-15-20(23-24-26)21(27)22-17-5-2-3-6-17/h8-11,15,17-18H,2-7,12-14H2,1H3,(H,22,27)/t18-/m1/s1. The fraction of sp³-hybridized carbons (Fsp3) is 0.571. The minimum atomic E-state index is -0.0836. The number of hydrogen-bond donors (Lipinski definition) is 1. The Labute approximate surface area is 171 Å². The summed E-state index contributed by atoms with van der Waals surface area (Å²) in [7, 11) is 0. The third-order valence-corrected chi connectivity index (χ3v) is 6.60. The second kappa shape index (κ2) is 9.09. The van der Waals surface area contributed by atoms with Gasteiger partial charge in [-0.2, -0.15) is 0 Å². The van der Waals surface area contributed by atoms with Gasteiger partial charge in [0.1, 0.15) is 0 Å². The molecule has 6 nitrogen and oxygen atoms in total. The van der Waals surface area contributed by atoms with E-state index >= 15 is 0 Å². The molecule has 150 valence electrons. The molecular formula is C21H29N5OS. The number of nitrogens with zero attached hydrogens (tertiary/aromatic N) is 4. The van der Waals surface area contributed by atoms with Crippen LogP contribution in [0, 0.1) is 0 Å². The molecule has 28 heavy (non-hydrogen) atoms. The van der Waals surface area contributed by atoms with Gasteiger partial charge in [0.05, 0.1) is 12.2 Å². The Bertz CT molecular complexity index is 784. The molecule has 2 aromatic rings. The molecule has 2 aliphatic rings. The largest absolute Gasteiger partial charge is 0.348 e. The molecule has 1 aromatic heterocycles. The van der Waals surface area contributed by atoms with Gasteiger partial charge < -0.3 is 5.32 Å². The number of hydrogen-bond acceptors (Lipinski definition) is 5. The molecule has 1 saturated carbocycles. The second-order valence-electron chi connectivity index (χ2n) is 7.92. The van der Waals surface area contributed by atoms with Crippen LogP contribution in [0.15, 0.2) is 35.4 Å². The zero-order valence-electron chi connectivity index (χ0n) is 16.5. The second-order valence-corrected chi connectivity index (χ2v) is 8.80. The first kappa shape index (κ1) is 19.5. The van der Waals surface area contributed by atoms with Crippen LogP contribution in [0.25, 0.3) is 0 Å². The number of aromatic nitrogens is 3. The number of carbonyl (C=O) groups excluding carboxylic acids is 1. The molecule has 0 unspecified atom stereocenters. The maximum atomic E-state index is 12.4. The smallest absolute Gasteiger partial charge is 0.273 e. The number of rotatable bonds is 6. The maximum absolute atomic E-state index is 12.4. The van der Waals surface area contributed by atoms with Gasteiger partial charge in [0.2, 0.25) is 0 Å². The molecule has 0 radical (unpaired) electrons. The normalized spacial score (nSPS) is 21.1. The number of likely N-dealkylation sites (tertiary alicyclic amines) is 1. The number of amides is 1. The highest BCUT2D eigenvalue weighted by Crippen LogP contribution is 2.23. The Balaban J connectivity index is 1.35. The highest BCUT2D eigenvalue weighted by Gasteiger charge is 2.24. The fourth-order valence-electron chi connectivity index (χ4n) is 4.27. The van der Waals surface area contributed by atoms with Crippen LogP contribution in [0.1, 0.15) is 60.6 Å². The lowest BCUT2D eigenvalue weighted by Crippen LogP contribution is -2.36. The van der Waals surface area contributed by atoms with Crippen molar-refractivity contribution < 1.29 is 4.79 Å². The Hall–Kier alpha value is -1.86. The van der Waals surface area contributed by atoms with Crippen molar-refractivity contribution in [2.45, 2.75) is 62.0 Å². The molecule has 1 aliphatic carbocycles. The maximum Gasteiger partial charge on any atom is 0.273 e. The van der Waals surface area contributed by atoms with Gasteiger partial charge in [-0.25, -0.2) is 4.68 Å². The Morgan fingerprint density at radius 3 is 2.71 bits per heavy atom. The molecule has 7 heteroatoms. The van der Waals surface area contributed by atoms with Gasteiger partial charge >= 0.3 is 0 Å². The van der Waals surface area contributed by atoms with Gasteiger partial charge in [0.25, 0.3) is 5.91 Å². The van der Waals surface area contributed by atoms with Crippen LogP contribution in [-0.2, 0) is 6.54 Å². The molecule has 1 atom stereocenters. The Kier molecular flexibility index (Phi) is 6.32. The number of piperidine rings is 1. The molecule has 1 N–H and O–H groups in total. The van der Waals surface area contributed by atoms with E-state index in [9.17, 15) is 4.79 Å². The van der Waals surface area contributed by atoms with E-state index in [4.69, 9.17) is 0 Å². The van der Waals surface area contributed by atoms with Crippen molar-refractivity contribution in [2.75, 3.05) is 19.3 Å². The quantitative estimate of drug-likeness (QED) is 0.753. The van der Waals surface area contributed by atoms with Crippen molar-refractivity contribution in [1.82, 2.24) is 25.2 Å². The minimum absolute atomic E-state index is 0.0836.